The van der Waals surface area contributed by atoms with E-state index in [1.54, 1.807) is 42.4 Å². The van der Waals surface area contributed by atoms with E-state index < -0.39 is 0 Å². The van der Waals surface area contributed by atoms with Crippen LogP contribution < -0.4 is 5.43 Å². The zero-order chi connectivity index (χ0) is 17.9. The Hall–Kier alpha value is -2.44. The minimum absolute atomic E-state index is 0.745. The summed E-state index contributed by atoms with van der Waals surface area (Å²) in [5.41, 5.74) is 4.60. The number of hydrazone groups is 1. The number of thiophene rings is 1. The average Bonchev–Trinajstić information content (AvgIpc) is 3.08. The molecule has 0 spiro atoms. The average molecular weight is 370 g/mol. The van der Waals surface area contributed by atoms with Crippen molar-refractivity contribution >= 4 is 35.6 Å². The number of benzene rings is 1. The van der Waals surface area contributed by atoms with Crippen LogP contribution in [0.2, 0.25) is 0 Å². The number of aldehydes is 1. The molecule has 0 aliphatic rings. The van der Waals surface area contributed by atoms with E-state index in [-0.39, 0.29) is 0 Å². The van der Waals surface area contributed by atoms with Crippen molar-refractivity contribution in [2.45, 2.75) is 16.2 Å². The van der Waals surface area contributed by atoms with E-state index in [4.69, 9.17) is 0 Å². The molecule has 6 heteroatoms. The van der Waals surface area contributed by atoms with E-state index in [2.05, 4.69) is 27.6 Å². The standard InChI is InChI=1S/C11H11N3S2.C8H8O/c1-12-14-8-9-5-6-11(15-9)16-10-4-2-3-7-13-10;1-7-3-2-4-8(5-7)6-9/h2-8,12H,1H3;2-6H,1H3/b14-8+;. The van der Waals surface area contributed by atoms with Gasteiger partial charge in [-0.2, -0.15) is 5.10 Å². The van der Waals surface area contributed by atoms with Gasteiger partial charge >= 0.3 is 0 Å². The van der Waals surface area contributed by atoms with Crippen molar-refractivity contribution in [3.63, 3.8) is 0 Å². The lowest BCUT2D eigenvalue weighted by molar-refractivity contribution is 0.112. The van der Waals surface area contributed by atoms with Crippen LogP contribution in [0.1, 0.15) is 20.8 Å². The Kier molecular flexibility index (Phi) is 7.88. The molecule has 2 aromatic heterocycles. The predicted molar refractivity (Wildman–Crippen MR) is 106 cm³/mol. The highest BCUT2D eigenvalue weighted by Crippen LogP contribution is 2.31. The summed E-state index contributed by atoms with van der Waals surface area (Å²) < 4.78 is 1.22. The highest BCUT2D eigenvalue weighted by molar-refractivity contribution is 8.01. The number of rotatable bonds is 5. The van der Waals surface area contributed by atoms with Crippen LogP contribution in [0.3, 0.4) is 0 Å². The number of aryl methyl sites for hydroxylation is 1. The van der Waals surface area contributed by atoms with Gasteiger partial charge in [-0.15, -0.1) is 11.3 Å². The summed E-state index contributed by atoms with van der Waals surface area (Å²) in [6.45, 7) is 1.97. The van der Waals surface area contributed by atoms with Crippen molar-refractivity contribution in [3.8, 4) is 0 Å². The van der Waals surface area contributed by atoms with Crippen LogP contribution in [0.25, 0.3) is 0 Å². The van der Waals surface area contributed by atoms with Gasteiger partial charge in [-0.1, -0.05) is 41.6 Å². The Morgan fingerprint density at radius 2 is 2.04 bits per heavy atom. The highest BCUT2D eigenvalue weighted by atomic mass is 32.2. The molecule has 0 atom stereocenters. The van der Waals surface area contributed by atoms with E-state index in [1.165, 1.54) is 4.21 Å². The molecule has 0 amide bonds. The quantitative estimate of drug-likeness (QED) is 0.404. The summed E-state index contributed by atoms with van der Waals surface area (Å²) in [5, 5.41) is 4.99. The summed E-state index contributed by atoms with van der Waals surface area (Å²) in [5.74, 6) is 0. The summed E-state index contributed by atoms with van der Waals surface area (Å²) >= 11 is 3.37. The van der Waals surface area contributed by atoms with Gasteiger partial charge in [-0.3, -0.25) is 4.79 Å². The van der Waals surface area contributed by atoms with E-state index in [0.717, 1.165) is 27.3 Å². The molecule has 25 heavy (non-hydrogen) atoms. The number of carbonyl (C=O) groups is 1. The normalized spacial score (nSPS) is 10.2. The van der Waals surface area contributed by atoms with Crippen LogP contribution in [-0.4, -0.2) is 24.5 Å². The van der Waals surface area contributed by atoms with Gasteiger partial charge in [-0.25, -0.2) is 4.98 Å². The summed E-state index contributed by atoms with van der Waals surface area (Å²) in [6.07, 6.45) is 4.47. The molecule has 128 valence electrons. The smallest absolute Gasteiger partial charge is 0.150 e. The van der Waals surface area contributed by atoms with E-state index in [0.29, 0.717) is 0 Å². The maximum atomic E-state index is 10.2. The molecular weight excluding hydrogens is 350 g/mol. The lowest BCUT2D eigenvalue weighted by Gasteiger charge is -1.94. The first-order chi connectivity index (χ1) is 12.2. The molecule has 3 aromatic rings. The van der Waals surface area contributed by atoms with Crippen molar-refractivity contribution < 1.29 is 4.79 Å². The molecule has 1 N–H and O–H groups in total. The fourth-order valence-electron chi connectivity index (χ4n) is 1.84. The van der Waals surface area contributed by atoms with Crippen molar-refractivity contribution in [3.05, 3.63) is 76.8 Å². The first-order valence-electron chi connectivity index (χ1n) is 7.61. The zero-order valence-electron chi connectivity index (χ0n) is 14.0. The SMILES string of the molecule is CN/N=C/c1ccc(Sc2ccccn2)s1.Cc1cccc(C=O)c1. The van der Waals surface area contributed by atoms with Crippen LogP contribution in [0.15, 0.2) is 75.1 Å². The van der Waals surface area contributed by atoms with Crippen LogP contribution in [-0.2, 0) is 0 Å². The first-order valence-corrected chi connectivity index (χ1v) is 9.25. The van der Waals surface area contributed by atoms with Crippen molar-refractivity contribution in [1.82, 2.24) is 10.4 Å². The van der Waals surface area contributed by atoms with Crippen LogP contribution in [0, 0.1) is 6.92 Å². The molecule has 2 heterocycles. The van der Waals surface area contributed by atoms with Crippen LogP contribution >= 0.6 is 23.1 Å². The molecule has 0 unspecified atom stereocenters. The second-order valence-electron chi connectivity index (χ2n) is 4.94. The van der Waals surface area contributed by atoms with Gasteiger partial charge in [-0.05, 0) is 37.3 Å². The van der Waals surface area contributed by atoms with Gasteiger partial charge in [0.05, 0.1) is 10.4 Å². The second kappa shape index (κ2) is 10.4. The van der Waals surface area contributed by atoms with Gasteiger partial charge in [0.25, 0.3) is 0 Å². The molecule has 0 aliphatic carbocycles. The van der Waals surface area contributed by atoms with Gasteiger partial charge in [0.2, 0.25) is 0 Å². The number of hydrogen-bond acceptors (Lipinski definition) is 6. The molecular formula is C19H19N3OS2. The van der Waals surface area contributed by atoms with E-state index >= 15 is 0 Å². The van der Waals surface area contributed by atoms with E-state index in [9.17, 15) is 4.79 Å². The number of hydrogen-bond donors (Lipinski definition) is 1. The minimum atomic E-state index is 0.745. The number of aromatic nitrogens is 1. The van der Waals surface area contributed by atoms with Gasteiger partial charge in [0.1, 0.15) is 11.3 Å². The third-order valence-electron chi connectivity index (χ3n) is 2.94. The van der Waals surface area contributed by atoms with Crippen LogP contribution in [0.5, 0.6) is 0 Å². The molecule has 1 aromatic carbocycles. The maximum absolute atomic E-state index is 10.2. The van der Waals surface area contributed by atoms with Gasteiger partial charge < -0.3 is 5.43 Å². The largest absolute Gasteiger partial charge is 0.313 e. The zero-order valence-corrected chi connectivity index (χ0v) is 15.7. The topological polar surface area (TPSA) is 54.4 Å². The molecule has 0 radical (unpaired) electrons. The van der Waals surface area contributed by atoms with E-state index in [1.807, 2.05) is 49.5 Å². The fraction of sp³-hybridized carbons (Fsp3) is 0.105. The summed E-state index contributed by atoms with van der Waals surface area (Å²) in [4.78, 5) is 15.6. The number of pyridine rings is 1. The molecule has 0 aliphatic heterocycles. The molecule has 0 bridgehead atoms. The monoisotopic (exact) mass is 369 g/mol. The Labute approximate surface area is 156 Å². The summed E-state index contributed by atoms with van der Waals surface area (Å²) in [7, 11) is 1.79. The van der Waals surface area contributed by atoms with Crippen LogP contribution in [0.4, 0.5) is 0 Å². The number of nitrogens with zero attached hydrogens (tertiary/aromatic N) is 2. The van der Waals surface area contributed by atoms with Gasteiger partial charge in [0, 0.05) is 23.7 Å². The number of carbonyl (C=O) groups excluding carboxylic acids is 1. The fourth-order valence-corrected chi connectivity index (χ4v) is 3.76. The first kappa shape index (κ1) is 18.9. The minimum Gasteiger partial charge on any atom is -0.313 e. The lowest BCUT2D eigenvalue weighted by Crippen LogP contribution is -1.92. The Balaban J connectivity index is 0.000000212. The lowest BCUT2D eigenvalue weighted by atomic mass is 10.2. The Morgan fingerprint density at radius 3 is 2.68 bits per heavy atom. The molecule has 0 saturated heterocycles. The molecule has 3 rings (SSSR count). The maximum Gasteiger partial charge on any atom is 0.150 e. The van der Waals surface area contributed by atoms with Crippen molar-refractivity contribution in [1.29, 1.82) is 0 Å². The molecule has 0 saturated carbocycles. The molecule has 0 fully saturated rings. The number of nitrogens with one attached hydrogen (secondary N) is 1. The third kappa shape index (κ3) is 6.91. The Morgan fingerprint density at radius 1 is 1.16 bits per heavy atom. The highest BCUT2D eigenvalue weighted by Gasteiger charge is 2.01. The third-order valence-corrected chi connectivity index (χ3v) is 5.05. The second-order valence-corrected chi connectivity index (χ2v) is 7.38. The van der Waals surface area contributed by atoms with Crippen molar-refractivity contribution in [2.24, 2.45) is 5.10 Å². The van der Waals surface area contributed by atoms with Crippen molar-refractivity contribution in [2.75, 3.05) is 7.05 Å². The molecule has 4 nitrogen and oxygen atoms in total. The van der Waals surface area contributed by atoms with Gasteiger partial charge in [0.15, 0.2) is 0 Å². The predicted octanol–water partition coefficient (Wildman–Crippen LogP) is 4.66. The Bertz CT molecular complexity index is 816. The summed E-state index contributed by atoms with van der Waals surface area (Å²) in [6, 6.07) is 17.5.